The zero-order valence-electron chi connectivity index (χ0n) is 7.56. The summed E-state index contributed by atoms with van der Waals surface area (Å²) < 4.78 is 0. The maximum absolute atomic E-state index is 10.4. The summed E-state index contributed by atoms with van der Waals surface area (Å²) in [5.74, 6) is 2.48. The van der Waals surface area contributed by atoms with Crippen LogP contribution < -0.4 is 5.32 Å². The molecule has 0 fully saturated rings. The molecule has 4 heteroatoms. The van der Waals surface area contributed by atoms with Crippen LogP contribution >= 0.6 is 0 Å². The molecule has 0 radical (unpaired) electrons. The average molecular weight is 190 g/mol. The Morgan fingerprint density at radius 2 is 2.36 bits per heavy atom. The lowest BCUT2D eigenvalue weighted by atomic mass is 10.3. The third-order valence-corrected chi connectivity index (χ3v) is 1.66. The summed E-state index contributed by atoms with van der Waals surface area (Å²) in [7, 11) is 0. The Morgan fingerprint density at radius 3 is 3.00 bits per heavy atom. The van der Waals surface area contributed by atoms with Crippen molar-refractivity contribution in [3.63, 3.8) is 0 Å². The molecule has 0 unspecified atom stereocenters. The van der Waals surface area contributed by atoms with Crippen molar-refractivity contribution < 1.29 is 4.92 Å². The number of nitro benzene ring substituents is 1. The number of anilines is 1. The number of nitrogens with one attached hydrogen (secondary N) is 1. The average Bonchev–Trinajstić information content (AvgIpc) is 2.19. The van der Waals surface area contributed by atoms with Gasteiger partial charge in [-0.1, -0.05) is 6.07 Å². The molecule has 0 aliphatic carbocycles. The van der Waals surface area contributed by atoms with E-state index in [1.165, 1.54) is 12.1 Å². The van der Waals surface area contributed by atoms with Gasteiger partial charge in [-0.25, -0.2) is 0 Å². The molecule has 1 N–H and O–H groups in total. The molecule has 0 aliphatic heterocycles. The minimum atomic E-state index is -0.424. The van der Waals surface area contributed by atoms with E-state index < -0.39 is 4.92 Å². The summed E-state index contributed by atoms with van der Waals surface area (Å²) in [6.45, 7) is 0.623. The fraction of sp³-hybridized carbons (Fsp3) is 0.200. The number of rotatable bonds is 4. The van der Waals surface area contributed by atoms with Gasteiger partial charge in [0.25, 0.3) is 5.69 Å². The molecule has 0 spiro atoms. The number of terminal acetylenes is 1. The van der Waals surface area contributed by atoms with Gasteiger partial charge in [-0.05, 0) is 6.07 Å². The summed E-state index contributed by atoms with van der Waals surface area (Å²) in [6, 6.07) is 6.34. The minimum absolute atomic E-state index is 0.0794. The first-order valence-corrected chi connectivity index (χ1v) is 4.16. The SMILES string of the molecule is C#CCCNc1cccc([N+](=O)[O-])c1. The Morgan fingerprint density at radius 1 is 1.57 bits per heavy atom. The van der Waals surface area contributed by atoms with Gasteiger partial charge in [-0.15, -0.1) is 12.3 Å². The topological polar surface area (TPSA) is 55.2 Å². The van der Waals surface area contributed by atoms with E-state index in [9.17, 15) is 10.1 Å². The predicted octanol–water partition coefficient (Wildman–Crippen LogP) is 2.03. The first-order valence-electron chi connectivity index (χ1n) is 4.16. The maximum atomic E-state index is 10.4. The highest BCUT2D eigenvalue weighted by Gasteiger charge is 2.04. The lowest BCUT2D eigenvalue weighted by Gasteiger charge is -2.02. The maximum Gasteiger partial charge on any atom is 0.271 e. The number of hydrogen-bond donors (Lipinski definition) is 1. The summed E-state index contributed by atoms with van der Waals surface area (Å²) in [6.07, 6.45) is 5.67. The van der Waals surface area contributed by atoms with Crippen LogP contribution in [0.2, 0.25) is 0 Å². The van der Waals surface area contributed by atoms with Gasteiger partial charge in [0, 0.05) is 30.8 Å². The van der Waals surface area contributed by atoms with Gasteiger partial charge in [0.15, 0.2) is 0 Å². The summed E-state index contributed by atoms with van der Waals surface area (Å²) in [4.78, 5) is 10.0. The van der Waals surface area contributed by atoms with Gasteiger partial charge in [-0.3, -0.25) is 10.1 Å². The minimum Gasteiger partial charge on any atom is -0.384 e. The van der Waals surface area contributed by atoms with Crippen LogP contribution in [0.3, 0.4) is 0 Å². The highest BCUT2D eigenvalue weighted by atomic mass is 16.6. The largest absolute Gasteiger partial charge is 0.384 e. The van der Waals surface area contributed by atoms with E-state index in [4.69, 9.17) is 6.42 Å². The molecule has 0 heterocycles. The predicted molar refractivity (Wildman–Crippen MR) is 55.0 cm³/mol. The highest BCUT2D eigenvalue weighted by Crippen LogP contribution is 2.16. The molecule has 72 valence electrons. The quantitative estimate of drug-likeness (QED) is 0.342. The smallest absolute Gasteiger partial charge is 0.271 e. The van der Waals surface area contributed by atoms with E-state index >= 15 is 0 Å². The van der Waals surface area contributed by atoms with Gasteiger partial charge < -0.3 is 5.32 Å². The molecule has 0 saturated heterocycles. The van der Waals surface area contributed by atoms with Gasteiger partial charge in [0.05, 0.1) is 4.92 Å². The van der Waals surface area contributed by atoms with Crippen LogP contribution in [0, 0.1) is 22.5 Å². The van der Waals surface area contributed by atoms with Crippen LogP contribution in [-0.2, 0) is 0 Å². The standard InChI is InChI=1S/C10H10N2O2/c1-2-3-7-11-9-5-4-6-10(8-9)12(13)14/h1,4-6,8,11H,3,7H2. The van der Waals surface area contributed by atoms with Crippen molar-refractivity contribution in [2.75, 3.05) is 11.9 Å². The zero-order chi connectivity index (χ0) is 10.4. The van der Waals surface area contributed by atoms with Gasteiger partial charge in [-0.2, -0.15) is 0 Å². The van der Waals surface area contributed by atoms with Crippen LogP contribution in [0.4, 0.5) is 11.4 Å². The number of non-ortho nitro benzene ring substituents is 1. The molecular formula is C10H10N2O2. The van der Waals surface area contributed by atoms with E-state index in [0.29, 0.717) is 13.0 Å². The molecule has 0 bridgehead atoms. The normalized spacial score (nSPS) is 9.07. The summed E-state index contributed by atoms with van der Waals surface area (Å²) in [5, 5.41) is 13.4. The Balaban J connectivity index is 2.65. The monoisotopic (exact) mass is 190 g/mol. The van der Waals surface area contributed by atoms with Gasteiger partial charge in [0.1, 0.15) is 0 Å². The van der Waals surface area contributed by atoms with Crippen LogP contribution in [0.25, 0.3) is 0 Å². The third-order valence-electron chi connectivity index (χ3n) is 1.66. The van der Waals surface area contributed by atoms with Crippen molar-refractivity contribution >= 4 is 11.4 Å². The Bertz CT molecular complexity index is 369. The fourth-order valence-corrected chi connectivity index (χ4v) is 1.01. The van der Waals surface area contributed by atoms with E-state index in [-0.39, 0.29) is 5.69 Å². The molecule has 0 saturated carbocycles. The Kier molecular flexibility index (Phi) is 3.50. The molecule has 0 aliphatic rings. The fourth-order valence-electron chi connectivity index (χ4n) is 1.01. The van der Waals surface area contributed by atoms with E-state index in [0.717, 1.165) is 5.69 Å². The molecule has 1 rings (SSSR count). The molecule has 0 aromatic heterocycles. The highest BCUT2D eigenvalue weighted by molar-refractivity contribution is 5.50. The van der Waals surface area contributed by atoms with Crippen LogP contribution in [0.1, 0.15) is 6.42 Å². The lowest BCUT2D eigenvalue weighted by molar-refractivity contribution is -0.384. The second-order valence-corrected chi connectivity index (χ2v) is 2.69. The lowest BCUT2D eigenvalue weighted by Crippen LogP contribution is -2.00. The first-order chi connectivity index (χ1) is 6.74. The molecular weight excluding hydrogens is 180 g/mol. The molecule has 4 nitrogen and oxygen atoms in total. The number of hydrogen-bond acceptors (Lipinski definition) is 3. The van der Waals surface area contributed by atoms with Crippen LogP contribution in [0.5, 0.6) is 0 Å². The number of benzene rings is 1. The Labute approximate surface area is 82.1 Å². The van der Waals surface area contributed by atoms with Crippen molar-refractivity contribution in [2.45, 2.75) is 6.42 Å². The van der Waals surface area contributed by atoms with Crippen LogP contribution in [0.15, 0.2) is 24.3 Å². The zero-order valence-corrected chi connectivity index (χ0v) is 7.56. The van der Waals surface area contributed by atoms with Gasteiger partial charge in [0.2, 0.25) is 0 Å². The van der Waals surface area contributed by atoms with Gasteiger partial charge >= 0.3 is 0 Å². The second kappa shape index (κ2) is 4.87. The Hall–Kier alpha value is -2.02. The van der Waals surface area contributed by atoms with E-state index in [2.05, 4.69) is 11.2 Å². The van der Waals surface area contributed by atoms with Crippen molar-refractivity contribution in [3.8, 4) is 12.3 Å². The molecule has 1 aromatic rings. The molecule has 14 heavy (non-hydrogen) atoms. The van der Waals surface area contributed by atoms with Crippen LogP contribution in [-0.4, -0.2) is 11.5 Å². The molecule has 0 amide bonds. The summed E-state index contributed by atoms with van der Waals surface area (Å²) in [5.41, 5.74) is 0.796. The number of nitro groups is 1. The molecule has 1 aromatic carbocycles. The van der Waals surface area contributed by atoms with Crippen molar-refractivity contribution in [3.05, 3.63) is 34.4 Å². The number of nitrogens with zero attached hydrogens (tertiary/aromatic N) is 1. The van der Waals surface area contributed by atoms with Crippen molar-refractivity contribution in [1.82, 2.24) is 0 Å². The third kappa shape index (κ3) is 2.79. The van der Waals surface area contributed by atoms with E-state index in [1.807, 2.05) is 0 Å². The first kappa shape index (κ1) is 10.1. The van der Waals surface area contributed by atoms with Crippen molar-refractivity contribution in [1.29, 1.82) is 0 Å². The van der Waals surface area contributed by atoms with E-state index in [1.54, 1.807) is 12.1 Å². The second-order valence-electron chi connectivity index (χ2n) is 2.69. The summed E-state index contributed by atoms with van der Waals surface area (Å²) >= 11 is 0. The van der Waals surface area contributed by atoms with Crippen molar-refractivity contribution in [2.24, 2.45) is 0 Å². The molecule has 0 atom stereocenters.